The van der Waals surface area contributed by atoms with Gasteiger partial charge in [0.15, 0.2) is 0 Å². The van der Waals surface area contributed by atoms with Gasteiger partial charge in [0.2, 0.25) is 0 Å². The molecule has 4 nitrogen and oxygen atoms in total. The molecular formula is C18H21N3O. The number of nitrogens with zero attached hydrogens (tertiary/aromatic N) is 1. The fourth-order valence-corrected chi connectivity index (χ4v) is 2.47. The van der Waals surface area contributed by atoms with Crippen LogP contribution in [0.15, 0.2) is 65.8 Å². The number of nitrogens with one attached hydrogen (secondary N) is 1. The molecule has 0 heterocycles. The van der Waals surface area contributed by atoms with Crippen molar-refractivity contribution in [2.24, 2.45) is 16.8 Å². The molecule has 0 spiro atoms. The zero-order valence-electron chi connectivity index (χ0n) is 12.9. The van der Waals surface area contributed by atoms with Crippen LogP contribution in [-0.2, 0) is 0 Å². The fourth-order valence-electron chi connectivity index (χ4n) is 2.47. The van der Waals surface area contributed by atoms with Gasteiger partial charge in [-0.2, -0.15) is 5.10 Å². The lowest BCUT2D eigenvalue weighted by Gasteiger charge is -2.23. The quantitative estimate of drug-likeness (QED) is 0.643. The molecular weight excluding hydrogens is 274 g/mol. The molecule has 0 saturated heterocycles. The van der Waals surface area contributed by atoms with E-state index in [9.17, 15) is 4.79 Å². The zero-order valence-corrected chi connectivity index (χ0v) is 12.9. The number of urea groups is 1. The van der Waals surface area contributed by atoms with E-state index in [4.69, 9.17) is 5.73 Å². The second-order valence-electron chi connectivity index (χ2n) is 5.42. The highest BCUT2D eigenvalue weighted by Gasteiger charge is 2.23. The molecule has 2 amide bonds. The number of amides is 2. The van der Waals surface area contributed by atoms with Crippen molar-refractivity contribution in [1.29, 1.82) is 0 Å². The van der Waals surface area contributed by atoms with Crippen LogP contribution in [0.4, 0.5) is 4.79 Å². The van der Waals surface area contributed by atoms with Crippen LogP contribution in [0.25, 0.3) is 0 Å². The summed E-state index contributed by atoms with van der Waals surface area (Å²) in [5.74, 6) is 0.145. The second-order valence-corrected chi connectivity index (χ2v) is 5.42. The van der Waals surface area contributed by atoms with Crippen LogP contribution >= 0.6 is 0 Å². The van der Waals surface area contributed by atoms with Gasteiger partial charge in [-0.1, -0.05) is 74.5 Å². The number of primary amides is 1. The van der Waals surface area contributed by atoms with Gasteiger partial charge in [0, 0.05) is 5.92 Å². The van der Waals surface area contributed by atoms with Crippen LogP contribution in [0.1, 0.15) is 30.9 Å². The highest BCUT2D eigenvalue weighted by molar-refractivity contribution is 5.95. The maximum Gasteiger partial charge on any atom is 0.332 e. The Bertz CT molecular complexity index is 596. The number of hydrogen-bond acceptors (Lipinski definition) is 2. The van der Waals surface area contributed by atoms with Crippen molar-refractivity contribution >= 4 is 11.7 Å². The summed E-state index contributed by atoms with van der Waals surface area (Å²) in [6.07, 6.45) is 0. The minimum absolute atomic E-state index is 0.0192. The van der Waals surface area contributed by atoms with Crippen LogP contribution in [0, 0.1) is 5.92 Å². The molecule has 0 radical (unpaired) electrons. The number of benzene rings is 2. The van der Waals surface area contributed by atoms with E-state index >= 15 is 0 Å². The van der Waals surface area contributed by atoms with Gasteiger partial charge >= 0.3 is 6.03 Å². The van der Waals surface area contributed by atoms with Crippen molar-refractivity contribution in [1.82, 2.24) is 5.43 Å². The lowest BCUT2D eigenvalue weighted by molar-refractivity contribution is 0.249. The Hall–Kier alpha value is -2.62. The van der Waals surface area contributed by atoms with Gasteiger partial charge in [-0.3, -0.25) is 0 Å². The third-order valence-corrected chi connectivity index (χ3v) is 3.45. The Morgan fingerprint density at radius 1 is 0.955 bits per heavy atom. The van der Waals surface area contributed by atoms with Crippen molar-refractivity contribution in [3.63, 3.8) is 0 Å². The van der Waals surface area contributed by atoms with E-state index in [0.29, 0.717) is 0 Å². The van der Waals surface area contributed by atoms with Gasteiger partial charge in [-0.25, -0.2) is 10.2 Å². The highest BCUT2D eigenvalue weighted by atomic mass is 16.2. The molecule has 0 aliphatic heterocycles. The van der Waals surface area contributed by atoms with Gasteiger partial charge in [-0.15, -0.1) is 0 Å². The smallest absolute Gasteiger partial charge is 0.332 e. The molecule has 2 rings (SSSR count). The van der Waals surface area contributed by atoms with Crippen LogP contribution in [0.2, 0.25) is 0 Å². The summed E-state index contributed by atoms with van der Waals surface area (Å²) in [6, 6.07) is 19.6. The van der Waals surface area contributed by atoms with E-state index in [2.05, 4.69) is 48.6 Å². The highest BCUT2D eigenvalue weighted by Crippen LogP contribution is 2.29. The van der Waals surface area contributed by atoms with E-state index in [1.54, 1.807) is 0 Å². The summed E-state index contributed by atoms with van der Waals surface area (Å²) in [7, 11) is 0. The number of rotatable bonds is 5. The summed E-state index contributed by atoms with van der Waals surface area (Å²) in [5.41, 5.74) is 10.7. The van der Waals surface area contributed by atoms with E-state index in [0.717, 1.165) is 16.8 Å². The van der Waals surface area contributed by atoms with E-state index in [-0.39, 0.29) is 11.8 Å². The summed E-state index contributed by atoms with van der Waals surface area (Å²) in [5, 5.41) is 4.27. The Labute approximate surface area is 131 Å². The number of hydrazone groups is 1. The maximum atomic E-state index is 11.0. The topological polar surface area (TPSA) is 67.5 Å². The fraction of sp³-hybridized carbons (Fsp3) is 0.222. The lowest BCUT2D eigenvalue weighted by Crippen LogP contribution is -2.29. The molecule has 0 aliphatic carbocycles. The lowest BCUT2D eigenvalue weighted by atomic mass is 9.83. The normalized spacial score (nSPS) is 11.7. The Morgan fingerprint density at radius 3 is 1.77 bits per heavy atom. The van der Waals surface area contributed by atoms with E-state index in [1.807, 2.05) is 36.4 Å². The largest absolute Gasteiger partial charge is 0.350 e. The first-order chi connectivity index (χ1) is 10.6. The minimum Gasteiger partial charge on any atom is -0.350 e. The van der Waals surface area contributed by atoms with Gasteiger partial charge in [0.1, 0.15) is 0 Å². The summed E-state index contributed by atoms with van der Waals surface area (Å²) in [6.45, 7) is 4.11. The van der Waals surface area contributed by atoms with Crippen molar-refractivity contribution in [3.05, 3.63) is 71.8 Å². The van der Waals surface area contributed by atoms with Crippen molar-refractivity contribution in [2.45, 2.75) is 19.8 Å². The molecule has 0 fully saturated rings. The number of carbonyl (C=O) groups excluding carboxylic acids is 1. The van der Waals surface area contributed by atoms with E-state index in [1.165, 1.54) is 0 Å². The van der Waals surface area contributed by atoms with Gasteiger partial charge in [0.05, 0.1) is 5.71 Å². The molecule has 4 heteroatoms. The van der Waals surface area contributed by atoms with Crippen LogP contribution < -0.4 is 11.2 Å². The standard InChI is InChI=1S/C18H21N3O/c1-13(2)17(20-21-18(19)22)16(14-9-5-3-6-10-14)15-11-7-4-8-12-15/h3-13,16H,1-2H3,(H3,19,21,22). The predicted molar refractivity (Wildman–Crippen MR) is 89.7 cm³/mol. The average molecular weight is 295 g/mol. The van der Waals surface area contributed by atoms with Gasteiger partial charge < -0.3 is 5.73 Å². The maximum absolute atomic E-state index is 11.0. The number of carbonyl (C=O) groups is 1. The Morgan fingerprint density at radius 2 is 1.41 bits per heavy atom. The SMILES string of the molecule is CC(C)C(=NNC(N)=O)C(c1ccccc1)c1ccccc1. The van der Waals surface area contributed by atoms with Crippen molar-refractivity contribution < 1.29 is 4.79 Å². The van der Waals surface area contributed by atoms with Crippen LogP contribution in [0.5, 0.6) is 0 Å². The van der Waals surface area contributed by atoms with Gasteiger partial charge in [-0.05, 0) is 17.0 Å². The molecule has 0 atom stereocenters. The first-order valence-electron chi connectivity index (χ1n) is 7.32. The first kappa shape index (κ1) is 15.8. The molecule has 0 unspecified atom stereocenters. The van der Waals surface area contributed by atoms with Crippen LogP contribution in [0.3, 0.4) is 0 Å². The molecule has 22 heavy (non-hydrogen) atoms. The predicted octanol–water partition coefficient (Wildman–Crippen LogP) is 3.50. The monoisotopic (exact) mass is 295 g/mol. The second kappa shape index (κ2) is 7.41. The van der Waals surface area contributed by atoms with Crippen molar-refractivity contribution in [3.8, 4) is 0 Å². The molecule has 2 aromatic carbocycles. The third-order valence-electron chi connectivity index (χ3n) is 3.45. The third kappa shape index (κ3) is 3.95. The number of hydrogen-bond donors (Lipinski definition) is 2. The summed E-state index contributed by atoms with van der Waals surface area (Å²) in [4.78, 5) is 11.0. The zero-order chi connectivity index (χ0) is 15.9. The summed E-state index contributed by atoms with van der Waals surface area (Å²) >= 11 is 0. The Balaban J connectivity index is 2.51. The van der Waals surface area contributed by atoms with E-state index < -0.39 is 6.03 Å². The molecule has 0 aliphatic rings. The Kier molecular flexibility index (Phi) is 5.31. The van der Waals surface area contributed by atoms with Crippen LogP contribution in [-0.4, -0.2) is 11.7 Å². The number of nitrogens with two attached hydrogens (primary N) is 1. The first-order valence-corrected chi connectivity index (χ1v) is 7.32. The molecule has 0 saturated carbocycles. The molecule has 3 N–H and O–H groups in total. The summed E-state index contributed by atoms with van der Waals surface area (Å²) < 4.78 is 0. The molecule has 0 aromatic heterocycles. The molecule has 2 aromatic rings. The molecule has 0 bridgehead atoms. The average Bonchev–Trinajstić information content (AvgIpc) is 2.52. The molecule has 114 valence electrons. The van der Waals surface area contributed by atoms with Gasteiger partial charge in [0.25, 0.3) is 0 Å². The minimum atomic E-state index is -0.655. The van der Waals surface area contributed by atoms with Crippen molar-refractivity contribution in [2.75, 3.05) is 0 Å².